The van der Waals surface area contributed by atoms with Crippen molar-refractivity contribution in [2.75, 3.05) is 0 Å². The molecule has 4 aliphatic rings. The Labute approximate surface area is 173 Å². The SMILES string of the molecule is CC(CCC(C)(C)N)[C@H]1CCC2C3CC=C4C[C@@H](O)CC[C@]4(C)C3CC[C@@]21C. The lowest BCUT2D eigenvalue weighted by molar-refractivity contribution is -0.0574. The van der Waals surface area contributed by atoms with Gasteiger partial charge in [-0.1, -0.05) is 32.4 Å². The van der Waals surface area contributed by atoms with E-state index in [1.54, 1.807) is 5.57 Å². The van der Waals surface area contributed by atoms with E-state index in [0.717, 1.165) is 48.9 Å². The third-order valence-electron chi connectivity index (χ3n) is 10.1. The Kier molecular flexibility index (Phi) is 5.32. The first-order valence-electron chi connectivity index (χ1n) is 12.2. The van der Waals surface area contributed by atoms with Gasteiger partial charge < -0.3 is 10.8 Å². The predicted molar refractivity (Wildman–Crippen MR) is 118 cm³/mol. The highest BCUT2D eigenvalue weighted by Crippen LogP contribution is 2.67. The molecule has 28 heavy (non-hydrogen) atoms. The fourth-order valence-corrected chi connectivity index (χ4v) is 8.42. The van der Waals surface area contributed by atoms with Crippen molar-refractivity contribution < 1.29 is 5.11 Å². The van der Waals surface area contributed by atoms with Crippen LogP contribution in [-0.4, -0.2) is 16.7 Å². The summed E-state index contributed by atoms with van der Waals surface area (Å²) in [6.07, 6.45) is 15.0. The Morgan fingerprint density at radius 3 is 2.61 bits per heavy atom. The number of aliphatic hydroxyl groups is 1. The maximum absolute atomic E-state index is 10.2. The monoisotopic (exact) mass is 387 g/mol. The lowest BCUT2D eigenvalue weighted by Crippen LogP contribution is -2.50. The van der Waals surface area contributed by atoms with E-state index in [1.165, 1.54) is 44.9 Å². The third-order valence-corrected chi connectivity index (χ3v) is 10.1. The van der Waals surface area contributed by atoms with Crippen LogP contribution in [0.5, 0.6) is 0 Å². The second kappa shape index (κ2) is 7.12. The molecule has 4 aliphatic carbocycles. The van der Waals surface area contributed by atoms with Crippen LogP contribution in [0.15, 0.2) is 11.6 Å². The van der Waals surface area contributed by atoms with Crippen molar-refractivity contribution in [2.45, 2.75) is 110 Å². The Morgan fingerprint density at radius 2 is 1.89 bits per heavy atom. The average Bonchev–Trinajstić information content (AvgIpc) is 2.97. The zero-order valence-corrected chi connectivity index (χ0v) is 19.1. The Balaban J connectivity index is 1.52. The molecule has 0 aromatic rings. The number of hydrogen-bond acceptors (Lipinski definition) is 2. The highest BCUT2D eigenvalue weighted by atomic mass is 16.3. The van der Waals surface area contributed by atoms with Gasteiger partial charge in [0.2, 0.25) is 0 Å². The molecule has 3 saturated carbocycles. The first-order chi connectivity index (χ1) is 13.0. The number of hydrogen-bond donors (Lipinski definition) is 2. The molecule has 0 radical (unpaired) electrons. The number of fused-ring (bicyclic) bond motifs is 5. The van der Waals surface area contributed by atoms with Gasteiger partial charge in [0.1, 0.15) is 0 Å². The zero-order valence-electron chi connectivity index (χ0n) is 19.1. The number of aliphatic hydroxyl groups excluding tert-OH is 1. The van der Waals surface area contributed by atoms with Gasteiger partial charge in [-0.2, -0.15) is 0 Å². The molecule has 0 heterocycles. The van der Waals surface area contributed by atoms with Crippen LogP contribution in [0.1, 0.15) is 98.8 Å². The standard InChI is InChI=1S/C26H45NO/c1-17(10-13-24(2,3)27)21-8-9-22-20-7-6-18-16-19(28)11-14-25(18,4)23(20)12-15-26(21,22)5/h6,17,19-23,28H,7-16,27H2,1-5H3/t17?,19-,20?,21+,22?,23?,25-,26+/m0/s1. The molecule has 0 amide bonds. The molecule has 3 N–H and O–H groups in total. The van der Waals surface area contributed by atoms with Crippen molar-refractivity contribution in [1.82, 2.24) is 0 Å². The lowest BCUT2D eigenvalue weighted by Gasteiger charge is -2.58. The summed E-state index contributed by atoms with van der Waals surface area (Å²) >= 11 is 0. The van der Waals surface area contributed by atoms with Crippen LogP contribution < -0.4 is 5.73 Å². The Morgan fingerprint density at radius 1 is 1.14 bits per heavy atom. The molecular weight excluding hydrogens is 342 g/mol. The second-order valence-electron chi connectivity index (χ2n) is 12.4. The van der Waals surface area contributed by atoms with E-state index in [0.29, 0.717) is 10.8 Å². The molecule has 160 valence electrons. The van der Waals surface area contributed by atoms with Gasteiger partial charge in [0, 0.05) is 5.54 Å². The van der Waals surface area contributed by atoms with Crippen LogP contribution in [0.3, 0.4) is 0 Å². The molecule has 0 aromatic heterocycles. The maximum atomic E-state index is 10.2. The van der Waals surface area contributed by atoms with Crippen molar-refractivity contribution in [1.29, 1.82) is 0 Å². The van der Waals surface area contributed by atoms with E-state index in [9.17, 15) is 5.11 Å². The van der Waals surface area contributed by atoms with E-state index in [2.05, 4.69) is 40.7 Å². The normalized spacial score (nSPS) is 47.0. The summed E-state index contributed by atoms with van der Waals surface area (Å²) < 4.78 is 0. The average molecular weight is 388 g/mol. The minimum Gasteiger partial charge on any atom is -0.393 e. The van der Waals surface area contributed by atoms with E-state index in [1.807, 2.05) is 0 Å². The molecule has 4 rings (SSSR count). The van der Waals surface area contributed by atoms with Crippen molar-refractivity contribution in [3.63, 3.8) is 0 Å². The molecule has 4 unspecified atom stereocenters. The zero-order chi connectivity index (χ0) is 20.3. The summed E-state index contributed by atoms with van der Waals surface area (Å²) in [5.41, 5.74) is 8.77. The summed E-state index contributed by atoms with van der Waals surface area (Å²) in [5, 5.41) is 10.2. The molecule has 8 atom stereocenters. The van der Waals surface area contributed by atoms with E-state index < -0.39 is 0 Å². The Bertz CT molecular complexity index is 618. The highest BCUT2D eigenvalue weighted by molar-refractivity contribution is 5.25. The van der Waals surface area contributed by atoms with Gasteiger partial charge in [0.25, 0.3) is 0 Å². The van der Waals surface area contributed by atoms with Crippen molar-refractivity contribution in [3.8, 4) is 0 Å². The molecule has 0 aromatic carbocycles. The largest absolute Gasteiger partial charge is 0.393 e. The van der Waals surface area contributed by atoms with Gasteiger partial charge in [-0.3, -0.25) is 0 Å². The van der Waals surface area contributed by atoms with E-state index in [4.69, 9.17) is 5.73 Å². The first kappa shape index (κ1) is 20.9. The highest BCUT2D eigenvalue weighted by Gasteiger charge is 2.59. The minimum atomic E-state index is -0.0896. The first-order valence-corrected chi connectivity index (χ1v) is 12.2. The summed E-state index contributed by atoms with van der Waals surface area (Å²) in [5.74, 6) is 4.32. The summed E-state index contributed by atoms with van der Waals surface area (Å²) in [7, 11) is 0. The summed E-state index contributed by atoms with van der Waals surface area (Å²) in [6, 6.07) is 0. The smallest absolute Gasteiger partial charge is 0.0577 e. The second-order valence-corrected chi connectivity index (χ2v) is 12.4. The predicted octanol–water partition coefficient (Wildman–Crippen LogP) is 6.08. The minimum absolute atomic E-state index is 0.0322. The molecular formula is C26H45NO. The van der Waals surface area contributed by atoms with Gasteiger partial charge in [-0.05, 0) is 118 Å². The van der Waals surface area contributed by atoms with Crippen LogP contribution in [0.2, 0.25) is 0 Å². The molecule has 2 heteroatoms. The van der Waals surface area contributed by atoms with Crippen molar-refractivity contribution in [2.24, 2.45) is 46.2 Å². The number of allylic oxidation sites excluding steroid dienone is 1. The number of rotatable bonds is 4. The van der Waals surface area contributed by atoms with Crippen molar-refractivity contribution in [3.05, 3.63) is 11.6 Å². The van der Waals surface area contributed by atoms with Gasteiger partial charge >= 0.3 is 0 Å². The van der Waals surface area contributed by atoms with Gasteiger partial charge in [-0.15, -0.1) is 0 Å². The lowest BCUT2D eigenvalue weighted by atomic mass is 9.47. The molecule has 0 aliphatic heterocycles. The summed E-state index contributed by atoms with van der Waals surface area (Å²) in [4.78, 5) is 0. The quantitative estimate of drug-likeness (QED) is 0.574. The van der Waals surface area contributed by atoms with Crippen LogP contribution in [0.25, 0.3) is 0 Å². The van der Waals surface area contributed by atoms with Gasteiger partial charge in [0.05, 0.1) is 6.10 Å². The summed E-state index contributed by atoms with van der Waals surface area (Å²) in [6.45, 7) is 12.1. The van der Waals surface area contributed by atoms with E-state index >= 15 is 0 Å². The third kappa shape index (κ3) is 3.41. The Hall–Kier alpha value is -0.340. The maximum Gasteiger partial charge on any atom is 0.0577 e. The molecule has 0 bridgehead atoms. The fourth-order valence-electron chi connectivity index (χ4n) is 8.42. The van der Waals surface area contributed by atoms with Crippen molar-refractivity contribution >= 4 is 0 Å². The van der Waals surface area contributed by atoms with Gasteiger partial charge in [-0.25, -0.2) is 0 Å². The van der Waals surface area contributed by atoms with Gasteiger partial charge in [0.15, 0.2) is 0 Å². The van der Waals surface area contributed by atoms with Crippen LogP contribution in [0.4, 0.5) is 0 Å². The fraction of sp³-hybridized carbons (Fsp3) is 0.923. The van der Waals surface area contributed by atoms with Crippen LogP contribution in [-0.2, 0) is 0 Å². The van der Waals surface area contributed by atoms with Crippen LogP contribution in [0, 0.1) is 40.4 Å². The molecule has 0 spiro atoms. The molecule has 2 nitrogen and oxygen atoms in total. The van der Waals surface area contributed by atoms with Crippen LogP contribution >= 0.6 is 0 Å². The molecule has 3 fully saturated rings. The number of nitrogens with two attached hydrogens (primary N) is 1. The molecule has 0 saturated heterocycles. The van der Waals surface area contributed by atoms with E-state index in [-0.39, 0.29) is 11.6 Å². The topological polar surface area (TPSA) is 46.2 Å².